The van der Waals surface area contributed by atoms with Crippen molar-refractivity contribution in [3.63, 3.8) is 0 Å². The Bertz CT molecular complexity index is 843. The number of carbonyl (C=O) groups is 1. The monoisotopic (exact) mass is 346 g/mol. The molecule has 1 aliphatic rings. The Kier molecular flexibility index (Phi) is 3.70. The summed E-state index contributed by atoms with van der Waals surface area (Å²) in [6.45, 7) is 0. The number of hydrogen-bond acceptors (Lipinski definition) is 4. The van der Waals surface area contributed by atoms with Gasteiger partial charge in [0, 0.05) is 5.92 Å². The molecule has 1 saturated carbocycles. The first-order valence-electron chi connectivity index (χ1n) is 6.92. The smallest absolute Gasteiger partial charge is 0.293 e. The second-order valence-electron chi connectivity index (χ2n) is 5.51. The van der Waals surface area contributed by atoms with Crippen molar-refractivity contribution >= 4 is 17.1 Å². The van der Waals surface area contributed by atoms with E-state index >= 15 is 0 Å². The van der Waals surface area contributed by atoms with Gasteiger partial charge in [0.15, 0.2) is 11.2 Å². The minimum atomic E-state index is -4.46. The van der Waals surface area contributed by atoms with E-state index in [2.05, 4.69) is 0 Å². The highest BCUT2D eigenvalue weighted by molar-refractivity contribution is 7.12. The fourth-order valence-corrected chi connectivity index (χ4v) is 3.66. The van der Waals surface area contributed by atoms with Crippen molar-refractivity contribution in [1.82, 2.24) is 0 Å². The van der Waals surface area contributed by atoms with Crippen molar-refractivity contribution in [1.29, 1.82) is 10.5 Å². The molecule has 0 N–H and O–H groups in total. The number of nitriles is 2. The summed E-state index contributed by atoms with van der Waals surface area (Å²) in [6, 6.07) is 11.3. The van der Waals surface area contributed by atoms with Gasteiger partial charge in [0.25, 0.3) is 0 Å². The number of nitrogens with zero attached hydrogens (tertiary/aromatic N) is 2. The molecular weight excluding hydrogens is 337 g/mol. The maximum absolute atomic E-state index is 12.7. The maximum Gasteiger partial charge on any atom is 0.416 e. The Morgan fingerprint density at radius 1 is 1.12 bits per heavy atom. The van der Waals surface area contributed by atoms with Crippen LogP contribution in [0.5, 0.6) is 0 Å². The van der Waals surface area contributed by atoms with E-state index in [-0.39, 0.29) is 5.78 Å². The molecular formula is C17H9F3N2OS. The predicted octanol–water partition coefficient (Wildman–Crippen LogP) is 4.40. The summed E-state index contributed by atoms with van der Waals surface area (Å²) < 4.78 is 38.0. The van der Waals surface area contributed by atoms with Gasteiger partial charge in [0.2, 0.25) is 0 Å². The van der Waals surface area contributed by atoms with Crippen molar-refractivity contribution < 1.29 is 18.0 Å². The number of rotatable bonds is 3. The topological polar surface area (TPSA) is 64.7 Å². The van der Waals surface area contributed by atoms with Gasteiger partial charge >= 0.3 is 6.18 Å². The number of carbonyl (C=O) groups excluding carboxylic acids is 1. The molecule has 0 saturated heterocycles. The Labute approximate surface area is 139 Å². The first-order chi connectivity index (χ1) is 11.3. The van der Waals surface area contributed by atoms with Gasteiger partial charge in [0.05, 0.1) is 28.5 Å². The SMILES string of the molecule is N#CC1(C#N)[C@H](C(=O)c2cccs2)[C@H]1c1ccc(C(F)(F)F)cc1. The van der Waals surface area contributed by atoms with Crippen molar-refractivity contribution in [3.05, 3.63) is 57.8 Å². The zero-order chi connectivity index (χ0) is 17.5. The van der Waals surface area contributed by atoms with Crippen LogP contribution in [0.25, 0.3) is 0 Å². The molecule has 3 nitrogen and oxygen atoms in total. The van der Waals surface area contributed by atoms with Gasteiger partial charge in [-0.15, -0.1) is 11.3 Å². The Hall–Kier alpha value is -2.64. The van der Waals surface area contributed by atoms with Crippen LogP contribution in [0.4, 0.5) is 13.2 Å². The van der Waals surface area contributed by atoms with Crippen molar-refractivity contribution in [2.75, 3.05) is 0 Å². The molecule has 120 valence electrons. The van der Waals surface area contributed by atoms with Gasteiger partial charge in [-0.3, -0.25) is 4.79 Å². The molecule has 2 atom stereocenters. The quantitative estimate of drug-likeness (QED) is 0.774. The highest BCUT2D eigenvalue weighted by Gasteiger charge is 2.70. The van der Waals surface area contributed by atoms with E-state index in [0.29, 0.717) is 10.4 Å². The summed E-state index contributed by atoms with van der Waals surface area (Å²) in [5.41, 5.74) is -1.95. The molecule has 0 amide bonds. The highest BCUT2D eigenvalue weighted by Crippen LogP contribution is 2.65. The number of hydrogen-bond donors (Lipinski definition) is 0. The number of thiophene rings is 1. The summed E-state index contributed by atoms with van der Waals surface area (Å²) in [5, 5.41) is 20.5. The van der Waals surface area contributed by atoms with E-state index in [0.717, 1.165) is 12.1 Å². The Morgan fingerprint density at radius 2 is 1.75 bits per heavy atom. The van der Waals surface area contributed by atoms with Gasteiger partial charge in [-0.25, -0.2) is 0 Å². The maximum atomic E-state index is 12.7. The van der Waals surface area contributed by atoms with E-state index in [1.165, 1.54) is 23.5 Å². The number of Topliss-reactive ketones (excluding diaryl/α,β-unsaturated/α-hetero) is 1. The molecule has 0 bridgehead atoms. The minimum absolute atomic E-state index is 0.321. The van der Waals surface area contributed by atoms with Crippen molar-refractivity contribution in [3.8, 4) is 12.1 Å². The van der Waals surface area contributed by atoms with Crippen LogP contribution in [0.2, 0.25) is 0 Å². The van der Waals surface area contributed by atoms with E-state index in [9.17, 15) is 28.5 Å². The van der Waals surface area contributed by atoms with E-state index in [1.54, 1.807) is 17.5 Å². The average molecular weight is 346 g/mol. The van der Waals surface area contributed by atoms with Crippen LogP contribution in [0.3, 0.4) is 0 Å². The average Bonchev–Trinajstić information content (AvgIpc) is 2.91. The zero-order valence-electron chi connectivity index (χ0n) is 12.0. The first-order valence-corrected chi connectivity index (χ1v) is 7.80. The van der Waals surface area contributed by atoms with Gasteiger partial charge in [-0.05, 0) is 29.1 Å². The third-order valence-electron chi connectivity index (χ3n) is 4.22. The van der Waals surface area contributed by atoms with Crippen LogP contribution < -0.4 is 0 Å². The lowest BCUT2D eigenvalue weighted by Crippen LogP contribution is -2.06. The molecule has 0 unspecified atom stereocenters. The highest BCUT2D eigenvalue weighted by atomic mass is 32.1. The fraction of sp³-hybridized carbons (Fsp3) is 0.235. The summed E-state index contributed by atoms with van der Waals surface area (Å²) in [6.07, 6.45) is -4.46. The molecule has 24 heavy (non-hydrogen) atoms. The molecule has 1 heterocycles. The summed E-state index contributed by atoms with van der Waals surface area (Å²) in [5.74, 6) is -1.90. The Morgan fingerprint density at radius 3 is 2.21 bits per heavy atom. The number of benzene rings is 1. The van der Waals surface area contributed by atoms with Crippen molar-refractivity contribution in [2.45, 2.75) is 12.1 Å². The van der Waals surface area contributed by atoms with Crippen molar-refractivity contribution in [2.24, 2.45) is 11.3 Å². The largest absolute Gasteiger partial charge is 0.416 e. The summed E-state index contributed by atoms with van der Waals surface area (Å²) in [7, 11) is 0. The zero-order valence-corrected chi connectivity index (χ0v) is 12.9. The predicted molar refractivity (Wildman–Crippen MR) is 80.0 cm³/mol. The van der Waals surface area contributed by atoms with Gasteiger partial charge in [0.1, 0.15) is 0 Å². The second kappa shape index (κ2) is 5.47. The van der Waals surface area contributed by atoms with Crippen LogP contribution in [0.1, 0.15) is 26.7 Å². The van der Waals surface area contributed by atoms with Crippen LogP contribution in [-0.4, -0.2) is 5.78 Å². The van der Waals surface area contributed by atoms with Gasteiger partial charge in [-0.1, -0.05) is 18.2 Å². The van der Waals surface area contributed by atoms with Crippen LogP contribution in [0.15, 0.2) is 41.8 Å². The third-order valence-corrected chi connectivity index (χ3v) is 5.10. The van der Waals surface area contributed by atoms with Gasteiger partial charge in [-0.2, -0.15) is 23.7 Å². The third kappa shape index (κ3) is 2.38. The second-order valence-corrected chi connectivity index (χ2v) is 6.46. The van der Waals surface area contributed by atoms with E-state index in [1.807, 2.05) is 12.1 Å². The molecule has 2 aromatic rings. The molecule has 1 aromatic heterocycles. The lowest BCUT2D eigenvalue weighted by molar-refractivity contribution is -0.137. The molecule has 0 spiro atoms. The normalized spacial score (nSPS) is 21.5. The van der Waals surface area contributed by atoms with Crippen LogP contribution in [0, 0.1) is 34.0 Å². The molecule has 0 aliphatic heterocycles. The first kappa shape index (κ1) is 16.2. The van der Waals surface area contributed by atoms with Gasteiger partial charge < -0.3 is 0 Å². The summed E-state index contributed by atoms with van der Waals surface area (Å²) in [4.78, 5) is 13.0. The summed E-state index contributed by atoms with van der Waals surface area (Å²) >= 11 is 1.21. The molecule has 7 heteroatoms. The lowest BCUT2D eigenvalue weighted by Gasteiger charge is -2.07. The minimum Gasteiger partial charge on any atom is -0.293 e. The number of halogens is 3. The molecule has 1 aromatic carbocycles. The fourth-order valence-electron chi connectivity index (χ4n) is 2.96. The van der Waals surface area contributed by atoms with Crippen LogP contribution in [-0.2, 0) is 6.18 Å². The molecule has 1 aliphatic carbocycles. The Balaban J connectivity index is 1.96. The molecule has 0 radical (unpaired) electrons. The molecule has 1 fully saturated rings. The number of alkyl halides is 3. The standard InChI is InChI=1S/C17H9F3N2OS/c18-17(19,20)11-5-3-10(4-6-11)13-14(16(13,8-21)9-22)15(23)12-2-1-7-24-12/h1-7,13-14H/t13-,14+/m1/s1. The van der Waals surface area contributed by atoms with E-state index < -0.39 is 29.0 Å². The lowest BCUT2D eigenvalue weighted by atomic mass is 10.0. The van der Waals surface area contributed by atoms with E-state index in [4.69, 9.17) is 0 Å². The number of ketones is 1. The molecule has 3 rings (SSSR count). The van der Waals surface area contributed by atoms with Crippen LogP contribution >= 0.6 is 11.3 Å².